The smallest absolute Gasteiger partial charge is 0.274 e. The van der Waals surface area contributed by atoms with E-state index in [-0.39, 0.29) is 5.75 Å². The van der Waals surface area contributed by atoms with Crippen molar-refractivity contribution in [3.63, 3.8) is 0 Å². The summed E-state index contributed by atoms with van der Waals surface area (Å²) in [6.07, 6.45) is 0. The molecule has 0 radical (unpaired) electrons. The highest BCUT2D eigenvalue weighted by molar-refractivity contribution is 7.66. The number of rotatable bonds is 3. The van der Waals surface area contributed by atoms with E-state index in [9.17, 15) is 25.0 Å². The molecule has 4 N–H and O–H groups in total. The zero-order valence-corrected chi connectivity index (χ0v) is 11.4. The van der Waals surface area contributed by atoms with Crippen molar-refractivity contribution in [3.05, 3.63) is 36.4 Å². The van der Waals surface area contributed by atoms with Gasteiger partial charge in [0.1, 0.15) is 0 Å². The van der Waals surface area contributed by atoms with Crippen molar-refractivity contribution in [1.82, 2.24) is 0 Å². The van der Waals surface area contributed by atoms with Crippen molar-refractivity contribution in [2.75, 3.05) is 6.66 Å². The molecular formula is C13H13O6P. The lowest BCUT2D eigenvalue weighted by Gasteiger charge is -2.17. The third kappa shape index (κ3) is 2.51. The topological polar surface area (TPSA) is 107 Å². The second-order valence-corrected chi connectivity index (χ2v) is 6.60. The summed E-state index contributed by atoms with van der Waals surface area (Å²) < 4.78 is 17.7. The zero-order valence-electron chi connectivity index (χ0n) is 10.5. The zero-order chi connectivity index (χ0) is 14.9. The van der Waals surface area contributed by atoms with Gasteiger partial charge in [0, 0.05) is 18.0 Å². The fraction of sp³-hybridized carbons (Fsp3) is 0.0769. The van der Waals surface area contributed by atoms with Crippen LogP contribution in [0.1, 0.15) is 0 Å². The van der Waals surface area contributed by atoms with Gasteiger partial charge in [0.2, 0.25) is 17.2 Å². The Balaban J connectivity index is 2.43. The Hall–Kier alpha value is -2.33. The van der Waals surface area contributed by atoms with E-state index in [0.717, 1.165) is 6.07 Å². The van der Waals surface area contributed by atoms with Crippen LogP contribution in [0.25, 0.3) is 0 Å². The standard InChI is InChI=1S/C13H13O6P/c1-20(18,8-5-3-2-4-6-8)19-10-7-9(14)11(15)13(17)12(10)16/h2-7,14-17H,1H3. The number of phenolic OH excluding ortho intramolecular Hbond substituents is 4. The molecule has 0 amide bonds. The largest absolute Gasteiger partial charge is 0.504 e. The summed E-state index contributed by atoms with van der Waals surface area (Å²) in [5.74, 6) is -3.68. The molecule has 0 bridgehead atoms. The van der Waals surface area contributed by atoms with E-state index in [4.69, 9.17) is 4.52 Å². The summed E-state index contributed by atoms with van der Waals surface area (Å²) in [7, 11) is -3.31. The fourth-order valence-electron chi connectivity index (χ4n) is 1.62. The van der Waals surface area contributed by atoms with Crippen LogP contribution < -0.4 is 9.83 Å². The molecule has 0 saturated carbocycles. The number of phenols is 4. The van der Waals surface area contributed by atoms with Crippen LogP contribution in [0.15, 0.2) is 36.4 Å². The lowest BCUT2D eigenvalue weighted by atomic mass is 10.2. The van der Waals surface area contributed by atoms with Gasteiger partial charge in [-0.25, -0.2) is 0 Å². The van der Waals surface area contributed by atoms with Gasteiger partial charge < -0.3 is 24.9 Å². The first-order valence-corrected chi connectivity index (χ1v) is 7.69. The Morgan fingerprint density at radius 3 is 2.15 bits per heavy atom. The van der Waals surface area contributed by atoms with Gasteiger partial charge in [0.05, 0.1) is 0 Å². The van der Waals surface area contributed by atoms with Crippen molar-refractivity contribution in [2.45, 2.75) is 0 Å². The Kier molecular flexibility index (Phi) is 3.51. The second kappa shape index (κ2) is 4.98. The van der Waals surface area contributed by atoms with Gasteiger partial charge in [-0.1, -0.05) is 18.2 Å². The molecule has 6 nitrogen and oxygen atoms in total. The molecule has 2 aromatic carbocycles. The van der Waals surface area contributed by atoms with Gasteiger partial charge >= 0.3 is 0 Å². The van der Waals surface area contributed by atoms with Crippen LogP contribution in [0.4, 0.5) is 0 Å². The molecule has 0 aliphatic carbocycles. The van der Waals surface area contributed by atoms with Gasteiger partial charge in [-0.3, -0.25) is 4.57 Å². The van der Waals surface area contributed by atoms with E-state index in [0.29, 0.717) is 5.30 Å². The van der Waals surface area contributed by atoms with Crippen molar-refractivity contribution in [2.24, 2.45) is 0 Å². The molecule has 0 aliphatic heterocycles. The highest BCUT2D eigenvalue weighted by Crippen LogP contribution is 2.52. The van der Waals surface area contributed by atoms with Crippen LogP contribution in [-0.2, 0) is 4.57 Å². The minimum Gasteiger partial charge on any atom is -0.504 e. The molecule has 2 rings (SSSR count). The third-order valence-electron chi connectivity index (χ3n) is 2.69. The minimum absolute atomic E-state index is 0.382. The van der Waals surface area contributed by atoms with Gasteiger partial charge in [0.15, 0.2) is 11.5 Å². The second-order valence-electron chi connectivity index (χ2n) is 4.21. The lowest BCUT2D eigenvalue weighted by Crippen LogP contribution is -2.07. The number of hydrogen-bond donors (Lipinski definition) is 4. The molecule has 20 heavy (non-hydrogen) atoms. The maximum absolute atomic E-state index is 12.5. The summed E-state index contributed by atoms with van der Waals surface area (Å²) in [6.45, 7) is 1.34. The van der Waals surface area contributed by atoms with E-state index in [1.54, 1.807) is 30.3 Å². The minimum atomic E-state index is -3.31. The van der Waals surface area contributed by atoms with Crippen LogP contribution in [-0.4, -0.2) is 27.1 Å². The first kappa shape index (κ1) is 14.1. The molecule has 0 heterocycles. The normalized spacial score (nSPS) is 13.7. The van der Waals surface area contributed by atoms with Crippen LogP contribution >= 0.6 is 7.37 Å². The van der Waals surface area contributed by atoms with Crippen LogP contribution in [0, 0.1) is 0 Å². The predicted molar refractivity (Wildman–Crippen MR) is 73.3 cm³/mol. The SMILES string of the molecule is CP(=O)(Oc1cc(O)c(O)c(O)c1O)c1ccccc1. The van der Waals surface area contributed by atoms with Crippen molar-refractivity contribution < 1.29 is 29.5 Å². The van der Waals surface area contributed by atoms with E-state index < -0.39 is 30.4 Å². The first-order chi connectivity index (χ1) is 9.33. The monoisotopic (exact) mass is 296 g/mol. The lowest BCUT2D eigenvalue weighted by molar-refractivity contribution is 0.337. The van der Waals surface area contributed by atoms with Gasteiger partial charge in [0.25, 0.3) is 7.37 Å². The van der Waals surface area contributed by atoms with E-state index in [1.807, 2.05) is 0 Å². The average Bonchev–Trinajstić information content (AvgIpc) is 2.43. The van der Waals surface area contributed by atoms with Crippen LogP contribution in [0.5, 0.6) is 28.7 Å². The Morgan fingerprint density at radius 2 is 1.55 bits per heavy atom. The van der Waals surface area contributed by atoms with Crippen LogP contribution in [0.3, 0.4) is 0 Å². The van der Waals surface area contributed by atoms with Gasteiger partial charge in [-0.05, 0) is 12.1 Å². The molecule has 2 aromatic rings. The fourth-order valence-corrected chi connectivity index (χ4v) is 2.95. The summed E-state index contributed by atoms with van der Waals surface area (Å²) in [5.41, 5.74) is 0. The summed E-state index contributed by atoms with van der Waals surface area (Å²) in [5, 5.41) is 38.1. The molecule has 0 fully saturated rings. The molecule has 0 saturated heterocycles. The van der Waals surface area contributed by atoms with E-state index >= 15 is 0 Å². The molecule has 0 spiro atoms. The predicted octanol–water partition coefficient (Wildman–Crippen LogP) is 2.12. The number of aromatic hydroxyl groups is 4. The van der Waals surface area contributed by atoms with Gasteiger partial charge in [-0.2, -0.15) is 0 Å². The third-order valence-corrected chi connectivity index (χ3v) is 4.47. The Labute approximate surface area is 115 Å². The van der Waals surface area contributed by atoms with Crippen molar-refractivity contribution in [1.29, 1.82) is 0 Å². The van der Waals surface area contributed by atoms with Crippen molar-refractivity contribution >= 4 is 12.7 Å². The van der Waals surface area contributed by atoms with Crippen molar-refractivity contribution in [3.8, 4) is 28.7 Å². The van der Waals surface area contributed by atoms with E-state index in [2.05, 4.69) is 0 Å². The first-order valence-electron chi connectivity index (χ1n) is 5.62. The van der Waals surface area contributed by atoms with E-state index in [1.165, 1.54) is 6.66 Å². The number of hydrogen-bond acceptors (Lipinski definition) is 6. The number of benzene rings is 2. The summed E-state index contributed by atoms with van der Waals surface area (Å²) >= 11 is 0. The Bertz CT molecular complexity index is 683. The molecule has 1 atom stereocenters. The molecule has 7 heteroatoms. The molecular weight excluding hydrogens is 283 g/mol. The molecule has 0 aromatic heterocycles. The highest BCUT2D eigenvalue weighted by atomic mass is 31.2. The molecule has 1 unspecified atom stereocenters. The van der Waals surface area contributed by atoms with Gasteiger partial charge in [-0.15, -0.1) is 0 Å². The van der Waals surface area contributed by atoms with Crippen LogP contribution in [0.2, 0.25) is 0 Å². The summed E-state index contributed by atoms with van der Waals surface area (Å²) in [6, 6.07) is 9.18. The average molecular weight is 296 g/mol. The molecule has 0 aliphatic rings. The molecule has 106 valence electrons. The quantitative estimate of drug-likeness (QED) is 0.392. The Morgan fingerprint density at radius 1 is 0.950 bits per heavy atom. The maximum Gasteiger partial charge on any atom is 0.274 e. The highest BCUT2D eigenvalue weighted by Gasteiger charge is 2.25. The maximum atomic E-state index is 12.5. The summed E-state index contributed by atoms with van der Waals surface area (Å²) in [4.78, 5) is 0.